The van der Waals surface area contributed by atoms with E-state index in [1.54, 1.807) is 0 Å². The first-order valence-electron chi connectivity index (χ1n) is 4.72. The van der Waals surface area contributed by atoms with Gasteiger partial charge in [0.1, 0.15) is 5.75 Å². The van der Waals surface area contributed by atoms with Gasteiger partial charge in [-0.15, -0.1) is 0 Å². The van der Waals surface area contributed by atoms with Crippen LogP contribution < -0.4 is 4.74 Å². The highest BCUT2D eigenvalue weighted by atomic mass is 79.9. The topological polar surface area (TPSA) is 9.23 Å². The van der Waals surface area contributed by atoms with Crippen molar-refractivity contribution in [3.05, 3.63) is 34.3 Å². The molecule has 0 spiro atoms. The molecule has 1 rings (SSSR count). The van der Waals surface area contributed by atoms with Crippen molar-refractivity contribution in [3.8, 4) is 5.75 Å². The average Bonchev–Trinajstić information content (AvgIpc) is 2.09. The van der Waals surface area contributed by atoms with E-state index in [-0.39, 0.29) is 6.10 Å². The van der Waals surface area contributed by atoms with Gasteiger partial charge in [-0.05, 0) is 39.0 Å². The van der Waals surface area contributed by atoms with Gasteiger partial charge in [-0.2, -0.15) is 0 Å². The molecule has 1 aromatic rings. The molecule has 0 amide bonds. The predicted molar refractivity (Wildman–Crippen MR) is 64.6 cm³/mol. The van der Waals surface area contributed by atoms with Crippen LogP contribution in [-0.4, -0.2) is 6.10 Å². The van der Waals surface area contributed by atoms with Gasteiger partial charge in [0, 0.05) is 10.0 Å². The van der Waals surface area contributed by atoms with E-state index < -0.39 is 0 Å². The Hall–Kier alpha value is -0.760. The lowest BCUT2D eigenvalue weighted by Gasteiger charge is -2.12. The van der Waals surface area contributed by atoms with E-state index in [9.17, 15) is 0 Å². The Morgan fingerprint density at radius 1 is 1.36 bits per heavy atom. The smallest absolute Gasteiger partial charge is 0.126 e. The first-order chi connectivity index (χ1) is 6.63. The van der Waals surface area contributed by atoms with Crippen LogP contribution in [0.3, 0.4) is 0 Å². The minimum atomic E-state index is 0.209. The summed E-state index contributed by atoms with van der Waals surface area (Å²) in [4.78, 5) is 0. The fourth-order valence-corrected chi connectivity index (χ4v) is 1.57. The van der Waals surface area contributed by atoms with Gasteiger partial charge < -0.3 is 4.74 Å². The molecule has 2 heteroatoms. The zero-order chi connectivity index (χ0) is 10.6. The first-order valence-corrected chi connectivity index (χ1v) is 5.51. The standard InChI is InChI=1S/C12H15BrO/c1-4-5-10-8-11(13)6-7-12(10)14-9(2)3/h4-9H,1-3H3/b5-4+. The van der Waals surface area contributed by atoms with Crippen LogP contribution in [0.5, 0.6) is 5.75 Å². The summed E-state index contributed by atoms with van der Waals surface area (Å²) in [5.41, 5.74) is 1.11. The highest BCUT2D eigenvalue weighted by molar-refractivity contribution is 9.10. The molecule has 0 aliphatic heterocycles. The lowest BCUT2D eigenvalue weighted by molar-refractivity contribution is 0.242. The number of rotatable bonds is 3. The number of hydrogen-bond acceptors (Lipinski definition) is 1. The second-order valence-corrected chi connectivity index (χ2v) is 4.26. The summed E-state index contributed by atoms with van der Waals surface area (Å²) in [5, 5.41) is 0. The zero-order valence-electron chi connectivity index (χ0n) is 8.75. The van der Waals surface area contributed by atoms with Crippen molar-refractivity contribution in [2.75, 3.05) is 0 Å². The Labute approximate surface area is 93.9 Å². The van der Waals surface area contributed by atoms with Crippen LogP contribution in [0.25, 0.3) is 6.08 Å². The number of halogens is 1. The summed E-state index contributed by atoms with van der Waals surface area (Å²) in [7, 11) is 0. The van der Waals surface area contributed by atoms with E-state index in [0.717, 1.165) is 15.8 Å². The van der Waals surface area contributed by atoms with E-state index >= 15 is 0 Å². The summed E-state index contributed by atoms with van der Waals surface area (Å²) in [6.07, 6.45) is 4.26. The Kier molecular flexibility index (Phi) is 4.21. The summed E-state index contributed by atoms with van der Waals surface area (Å²) in [5.74, 6) is 0.932. The van der Waals surface area contributed by atoms with E-state index in [4.69, 9.17) is 4.74 Å². The molecule has 0 saturated heterocycles. The van der Waals surface area contributed by atoms with E-state index in [1.807, 2.05) is 45.1 Å². The quantitative estimate of drug-likeness (QED) is 0.783. The number of hydrogen-bond donors (Lipinski definition) is 0. The third-order valence-electron chi connectivity index (χ3n) is 1.68. The minimum absolute atomic E-state index is 0.209. The minimum Gasteiger partial charge on any atom is -0.490 e. The van der Waals surface area contributed by atoms with Gasteiger partial charge in [-0.25, -0.2) is 0 Å². The van der Waals surface area contributed by atoms with E-state index in [2.05, 4.69) is 22.0 Å². The van der Waals surface area contributed by atoms with E-state index in [1.165, 1.54) is 0 Å². The van der Waals surface area contributed by atoms with Gasteiger partial charge in [-0.3, -0.25) is 0 Å². The van der Waals surface area contributed by atoms with Gasteiger partial charge in [0.25, 0.3) is 0 Å². The molecule has 0 fully saturated rings. The summed E-state index contributed by atoms with van der Waals surface area (Å²) < 4.78 is 6.75. The molecule has 0 unspecified atom stereocenters. The molecule has 0 aliphatic carbocycles. The van der Waals surface area contributed by atoms with Crippen molar-refractivity contribution < 1.29 is 4.74 Å². The van der Waals surface area contributed by atoms with Crippen LogP contribution in [0.2, 0.25) is 0 Å². The Bertz CT molecular complexity index is 329. The number of ether oxygens (including phenoxy) is 1. The van der Waals surface area contributed by atoms with Crippen molar-refractivity contribution in [1.82, 2.24) is 0 Å². The first kappa shape index (κ1) is 11.3. The second kappa shape index (κ2) is 5.20. The third kappa shape index (κ3) is 3.18. The van der Waals surface area contributed by atoms with Crippen molar-refractivity contribution in [1.29, 1.82) is 0 Å². The molecule has 0 bridgehead atoms. The highest BCUT2D eigenvalue weighted by Crippen LogP contribution is 2.25. The van der Waals surface area contributed by atoms with Crippen molar-refractivity contribution in [2.45, 2.75) is 26.9 Å². The fraction of sp³-hybridized carbons (Fsp3) is 0.333. The van der Waals surface area contributed by atoms with Crippen molar-refractivity contribution >= 4 is 22.0 Å². The Morgan fingerprint density at radius 2 is 2.07 bits per heavy atom. The maximum absolute atomic E-state index is 5.68. The van der Waals surface area contributed by atoms with Gasteiger partial charge in [0.15, 0.2) is 0 Å². The molecular formula is C12H15BrO. The largest absolute Gasteiger partial charge is 0.490 e. The lowest BCUT2D eigenvalue weighted by Crippen LogP contribution is -2.06. The van der Waals surface area contributed by atoms with Crippen LogP contribution in [0, 0.1) is 0 Å². The summed E-state index contributed by atoms with van der Waals surface area (Å²) in [6, 6.07) is 6.03. The molecule has 14 heavy (non-hydrogen) atoms. The van der Waals surface area contributed by atoms with Gasteiger partial charge >= 0.3 is 0 Å². The number of allylic oxidation sites excluding steroid dienone is 1. The maximum atomic E-state index is 5.68. The highest BCUT2D eigenvalue weighted by Gasteiger charge is 2.03. The molecule has 0 N–H and O–H groups in total. The van der Waals surface area contributed by atoms with Crippen LogP contribution >= 0.6 is 15.9 Å². The zero-order valence-corrected chi connectivity index (χ0v) is 10.3. The van der Waals surface area contributed by atoms with Crippen LogP contribution in [0.15, 0.2) is 28.7 Å². The van der Waals surface area contributed by atoms with Crippen molar-refractivity contribution in [2.24, 2.45) is 0 Å². The molecule has 0 atom stereocenters. The second-order valence-electron chi connectivity index (χ2n) is 3.35. The van der Waals surface area contributed by atoms with Crippen LogP contribution in [-0.2, 0) is 0 Å². The summed E-state index contributed by atoms with van der Waals surface area (Å²) in [6.45, 7) is 6.06. The monoisotopic (exact) mass is 254 g/mol. The molecule has 1 nitrogen and oxygen atoms in total. The molecule has 0 heterocycles. The Balaban J connectivity index is 3.01. The SMILES string of the molecule is C/C=C/c1cc(Br)ccc1OC(C)C. The predicted octanol–water partition coefficient (Wildman–Crippen LogP) is 4.27. The lowest BCUT2D eigenvalue weighted by atomic mass is 10.2. The fourth-order valence-electron chi connectivity index (χ4n) is 1.19. The molecule has 0 radical (unpaired) electrons. The average molecular weight is 255 g/mol. The number of benzene rings is 1. The van der Waals surface area contributed by atoms with Gasteiger partial charge in [-0.1, -0.05) is 28.1 Å². The van der Waals surface area contributed by atoms with Crippen LogP contribution in [0.4, 0.5) is 0 Å². The normalized spacial score (nSPS) is 11.2. The molecule has 0 aliphatic rings. The van der Waals surface area contributed by atoms with Gasteiger partial charge in [0.05, 0.1) is 6.10 Å². The molecular weight excluding hydrogens is 240 g/mol. The van der Waals surface area contributed by atoms with Crippen molar-refractivity contribution in [3.63, 3.8) is 0 Å². The maximum Gasteiger partial charge on any atom is 0.126 e. The van der Waals surface area contributed by atoms with Crippen LogP contribution in [0.1, 0.15) is 26.3 Å². The van der Waals surface area contributed by atoms with Gasteiger partial charge in [0.2, 0.25) is 0 Å². The third-order valence-corrected chi connectivity index (χ3v) is 2.17. The molecule has 0 aromatic heterocycles. The summed E-state index contributed by atoms with van der Waals surface area (Å²) >= 11 is 3.44. The van der Waals surface area contributed by atoms with E-state index in [0.29, 0.717) is 0 Å². The molecule has 0 saturated carbocycles. The molecule has 1 aromatic carbocycles. The Morgan fingerprint density at radius 3 is 2.64 bits per heavy atom. The molecule has 76 valence electrons.